The van der Waals surface area contributed by atoms with Crippen LogP contribution in [0.3, 0.4) is 0 Å². The summed E-state index contributed by atoms with van der Waals surface area (Å²) in [6, 6.07) is 0. The molecule has 0 bridgehead atoms. The molecular formula is C13H16O. The zero-order valence-corrected chi connectivity index (χ0v) is 8.36. The van der Waals surface area contributed by atoms with Crippen LogP contribution in [0.1, 0.15) is 0 Å². The third kappa shape index (κ3) is 6.92. The number of hydrogen-bond donors (Lipinski definition) is 0. The van der Waals surface area contributed by atoms with E-state index in [0.29, 0.717) is 6.61 Å². The second-order valence-electron chi connectivity index (χ2n) is 2.38. The minimum atomic E-state index is 0.495. The van der Waals surface area contributed by atoms with Crippen molar-refractivity contribution in [1.29, 1.82) is 0 Å². The molecule has 74 valence electrons. The van der Waals surface area contributed by atoms with Crippen LogP contribution in [0.4, 0.5) is 0 Å². The van der Waals surface area contributed by atoms with Gasteiger partial charge in [-0.05, 0) is 12.2 Å². The quantitative estimate of drug-likeness (QED) is 0.337. The van der Waals surface area contributed by atoms with Crippen LogP contribution in [-0.4, -0.2) is 6.61 Å². The molecule has 1 nitrogen and oxygen atoms in total. The third-order valence-electron chi connectivity index (χ3n) is 1.27. The summed E-state index contributed by atoms with van der Waals surface area (Å²) < 4.78 is 5.36. The monoisotopic (exact) mass is 188 g/mol. The maximum absolute atomic E-state index is 5.36. The van der Waals surface area contributed by atoms with Gasteiger partial charge in [0.2, 0.25) is 0 Å². The molecule has 0 N–H and O–H groups in total. The molecule has 0 saturated heterocycles. The lowest BCUT2D eigenvalue weighted by atomic mass is 10.3. The molecule has 0 atom stereocenters. The Morgan fingerprint density at radius 3 is 2.29 bits per heavy atom. The van der Waals surface area contributed by atoms with Crippen molar-refractivity contribution in [3.8, 4) is 0 Å². The van der Waals surface area contributed by atoms with E-state index in [2.05, 4.69) is 19.7 Å². The Kier molecular flexibility index (Phi) is 8.16. The topological polar surface area (TPSA) is 9.23 Å². The fourth-order valence-corrected chi connectivity index (χ4v) is 0.699. The molecule has 0 amide bonds. The number of ether oxygens (including phenoxy) is 1. The first-order valence-electron chi connectivity index (χ1n) is 4.37. The highest BCUT2D eigenvalue weighted by atomic mass is 16.5. The molecule has 14 heavy (non-hydrogen) atoms. The minimum absolute atomic E-state index is 0.495. The van der Waals surface area contributed by atoms with Crippen LogP contribution < -0.4 is 0 Å². The Hall–Kier alpha value is -1.76. The van der Waals surface area contributed by atoms with Crippen molar-refractivity contribution in [3.63, 3.8) is 0 Å². The summed E-state index contributed by atoms with van der Waals surface area (Å²) in [6.07, 6.45) is 14.3. The van der Waals surface area contributed by atoms with Gasteiger partial charge < -0.3 is 4.74 Å². The van der Waals surface area contributed by atoms with E-state index in [0.717, 1.165) is 5.76 Å². The van der Waals surface area contributed by atoms with Gasteiger partial charge in [-0.15, -0.1) is 0 Å². The standard InChI is InChI=1S/C13H16O/c1-4-7-9-11-13(10-8-5-2)14-12-6-3/h4-11H,1-3,12H2/b9-7+,10-8+,13-11+. The Labute approximate surface area is 86.1 Å². The fourth-order valence-electron chi connectivity index (χ4n) is 0.699. The highest BCUT2D eigenvalue weighted by Gasteiger charge is 1.87. The summed E-state index contributed by atoms with van der Waals surface area (Å²) in [5.74, 6) is 0.767. The maximum Gasteiger partial charge on any atom is 0.119 e. The van der Waals surface area contributed by atoms with Gasteiger partial charge in [-0.1, -0.05) is 56.2 Å². The van der Waals surface area contributed by atoms with Crippen molar-refractivity contribution in [3.05, 3.63) is 74.1 Å². The normalized spacial score (nSPS) is 11.9. The molecule has 0 spiro atoms. The molecule has 0 aliphatic rings. The summed E-state index contributed by atoms with van der Waals surface area (Å²) in [6.45, 7) is 11.2. The highest BCUT2D eigenvalue weighted by Crippen LogP contribution is 2.00. The molecule has 0 aromatic rings. The molecule has 0 fully saturated rings. The van der Waals surface area contributed by atoms with Crippen molar-refractivity contribution in [1.82, 2.24) is 0 Å². The van der Waals surface area contributed by atoms with Gasteiger partial charge in [-0.25, -0.2) is 0 Å². The van der Waals surface area contributed by atoms with E-state index in [1.54, 1.807) is 18.2 Å². The molecule has 0 aromatic heterocycles. The van der Waals surface area contributed by atoms with Gasteiger partial charge in [0.25, 0.3) is 0 Å². The Morgan fingerprint density at radius 2 is 1.71 bits per heavy atom. The van der Waals surface area contributed by atoms with E-state index < -0.39 is 0 Å². The summed E-state index contributed by atoms with van der Waals surface area (Å²) in [7, 11) is 0. The second kappa shape index (κ2) is 9.33. The minimum Gasteiger partial charge on any atom is -0.490 e. The van der Waals surface area contributed by atoms with Crippen molar-refractivity contribution in [2.45, 2.75) is 0 Å². The summed E-state index contributed by atoms with van der Waals surface area (Å²) in [4.78, 5) is 0. The number of rotatable bonds is 7. The van der Waals surface area contributed by atoms with E-state index in [1.807, 2.05) is 30.4 Å². The second-order valence-corrected chi connectivity index (χ2v) is 2.38. The van der Waals surface area contributed by atoms with Crippen LogP contribution in [0, 0.1) is 0 Å². The summed E-state index contributed by atoms with van der Waals surface area (Å²) in [5.41, 5.74) is 0. The van der Waals surface area contributed by atoms with Crippen LogP contribution >= 0.6 is 0 Å². The summed E-state index contributed by atoms with van der Waals surface area (Å²) in [5, 5.41) is 0. The van der Waals surface area contributed by atoms with E-state index >= 15 is 0 Å². The van der Waals surface area contributed by atoms with E-state index in [-0.39, 0.29) is 0 Å². The lowest BCUT2D eigenvalue weighted by Gasteiger charge is -2.01. The zero-order chi connectivity index (χ0) is 10.6. The fraction of sp³-hybridized carbons (Fsp3) is 0.0769. The van der Waals surface area contributed by atoms with Gasteiger partial charge in [0.15, 0.2) is 0 Å². The molecule has 0 heterocycles. The highest BCUT2D eigenvalue weighted by molar-refractivity contribution is 5.22. The van der Waals surface area contributed by atoms with Crippen LogP contribution in [-0.2, 0) is 4.74 Å². The van der Waals surface area contributed by atoms with Gasteiger partial charge in [0, 0.05) is 0 Å². The Morgan fingerprint density at radius 1 is 1.00 bits per heavy atom. The smallest absolute Gasteiger partial charge is 0.119 e. The Bertz CT molecular complexity index is 267. The van der Waals surface area contributed by atoms with E-state index in [9.17, 15) is 0 Å². The lowest BCUT2D eigenvalue weighted by Crippen LogP contribution is -1.88. The van der Waals surface area contributed by atoms with Crippen LogP contribution in [0.15, 0.2) is 74.1 Å². The van der Waals surface area contributed by atoms with Gasteiger partial charge in [0.05, 0.1) is 0 Å². The average molecular weight is 188 g/mol. The molecule has 0 rings (SSSR count). The molecular weight excluding hydrogens is 172 g/mol. The first-order valence-corrected chi connectivity index (χ1v) is 4.37. The molecule has 0 aromatic carbocycles. The molecule has 0 unspecified atom stereocenters. The predicted octanol–water partition coefficient (Wildman–Crippen LogP) is 3.56. The van der Waals surface area contributed by atoms with Crippen molar-refractivity contribution >= 4 is 0 Å². The van der Waals surface area contributed by atoms with Crippen molar-refractivity contribution in [2.75, 3.05) is 6.61 Å². The van der Waals surface area contributed by atoms with Gasteiger partial charge >= 0.3 is 0 Å². The van der Waals surface area contributed by atoms with Gasteiger partial charge in [0.1, 0.15) is 12.4 Å². The zero-order valence-electron chi connectivity index (χ0n) is 8.36. The molecule has 0 aliphatic carbocycles. The summed E-state index contributed by atoms with van der Waals surface area (Å²) >= 11 is 0. The van der Waals surface area contributed by atoms with Gasteiger partial charge in [-0.2, -0.15) is 0 Å². The first-order chi connectivity index (χ1) is 6.85. The molecule has 0 radical (unpaired) electrons. The average Bonchev–Trinajstić information content (AvgIpc) is 2.21. The molecule has 0 aliphatic heterocycles. The number of hydrogen-bond acceptors (Lipinski definition) is 1. The van der Waals surface area contributed by atoms with Crippen LogP contribution in [0.2, 0.25) is 0 Å². The first kappa shape index (κ1) is 12.2. The molecule has 0 saturated carbocycles. The Balaban J connectivity index is 4.35. The van der Waals surface area contributed by atoms with Crippen molar-refractivity contribution in [2.24, 2.45) is 0 Å². The predicted molar refractivity (Wildman–Crippen MR) is 62.9 cm³/mol. The SMILES string of the molecule is C=C/C=C/C=C(\C=C\C=C)OCC=C. The largest absolute Gasteiger partial charge is 0.490 e. The maximum atomic E-state index is 5.36. The van der Waals surface area contributed by atoms with E-state index in [4.69, 9.17) is 4.74 Å². The van der Waals surface area contributed by atoms with Crippen LogP contribution in [0.5, 0.6) is 0 Å². The van der Waals surface area contributed by atoms with Crippen molar-refractivity contribution < 1.29 is 4.74 Å². The van der Waals surface area contributed by atoms with Crippen LogP contribution in [0.25, 0.3) is 0 Å². The lowest BCUT2D eigenvalue weighted by molar-refractivity contribution is 0.262. The number of allylic oxidation sites excluding steroid dienone is 7. The molecule has 1 heteroatoms. The van der Waals surface area contributed by atoms with E-state index in [1.165, 1.54) is 0 Å². The van der Waals surface area contributed by atoms with Gasteiger partial charge in [-0.3, -0.25) is 0 Å². The third-order valence-corrected chi connectivity index (χ3v) is 1.27.